The topological polar surface area (TPSA) is 64.3 Å². The molecule has 18 heavy (non-hydrogen) atoms. The van der Waals surface area contributed by atoms with Gasteiger partial charge in [0.25, 0.3) is 0 Å². The molecule has 1 aromatic heterocycles. The van der Waals surface area contributed by atoms with E-state index in [1.165, 1.54) is 10.7 Å². The van der Waals surface area contributed by atoms with Crippen LogP contribution in [-0.2, 0) is 7.05 Å². The van der Waals surface area contributed by atoms with Gasteiger partial charge in [-0.05, 0) is 30.7 Å². The molecule has 2 rings (SSSR count). The zero-order valence-electron chi connectivity index (χ0n) is 10.5. The van der Waals surface area contributed by atoms with Gasteiger partial charge in [0.1, 0.15) is 11.4 Å². The summed E-state index contributed by atoms with van der Waals surface area (Å²) in [6.45, 7) is 1.97. The average Bonchev–Trinajstić information content (AvgIpc) is 2.71. The van der Waals surface area contributed by atoms with Crippen molar-refractivity contribution >= 4 is 5.97 Å². The molecule has 2 aromatic rings. The Morgan fingerprint density at radius 3 is 2.67 bits per heavy atom. The fraction of sp³-hybridized carbons (Fsp3) is 0.231. The molecule has 1 aromatic carbocycles. The summed E-state index contributed by atoms with van der Waals surface area (Å²) in [5, 5.41) is 13.2. The summed E-state index contributed by atoms with van der Waals surface area (Å²) in [4.78, 5) is 11.0. The molecular weight excluding hydrogens is 232 g/mol. The van der Waals surface area contributed by atoms with Crippen molar-refractivity contribution in [1.29, 1.82) is 0 Å². The zero-order chi connectivity index (χ0) is 13.3. The fourth-order valence-electron chi connectivity index (χ4n) is 1.81. The lowest BCUT2D eigenvalue weighted by atomic mass is 10.1. The number of ether oxygens (including phenoxy) is 1. The Balaban J connectivity index is 2.55. The predicted octanol–water partition coefficient (Wildman–Crippen LogP) is 2.10. The Morgan fingerprint density at radius 2 is 2.11 bits per heavy atom. The van der Waals surface area contributed by atoms with Gasteiger partial charge in [-0.3, -0.25) is 4.68 Å². The van der Waals surface area contributed by atoms with Crippen LogP contribution in [0.25, 0.3) is 11.3 Å². The van der Waals surface area contributed by atoms with Crippen molar-refractivity contribution in [1.82, 2.24) is 9.78 Å². The lowest BCUT2D eigenvalue weighted by Crippen LogP contribution is -2.04. The van der Waals surface area contributed by atoms with Crippen LogP contribution in [0.5, 0.6) is 5.75 Å². The van der Waals surface area contributed by atoms with E-state index in [0.717, 1.165) is 11.1 Å². The summed E-state index contributed by atoms with van der Waals surface area (Å²) >= 11 is 0. The van der Waals surface area contributed by atoms with Crippen molar-refractivity contribution < 1.29 is 14.6 Å². The Kier molecular flexibility index (Phi) is 3.06. The van der Waals surface area contributed by atoms with E-state index in [1.54, 1.807) is 14.2 Å². The number of methoxy groups -OCH3 is 1. The van der Waals surface area contributed by atoms with Crippen LogP contribution in [0.4, 0.5) is 0 Å². The lowest BCUT2D eigenvalue weighted by Gasteiger charge is -2.06. The van der Waals surface area contributed by atoms with Crippen LogP contribution in [0, 0.1) is 6.92 Å². The van der Waals surface area contributed by atoms with Gasteiger partial charge in [-0.25, -0.2) is 4.79 Å². The number of rotatable bonds is 3. The van der Waals surface area contributed by atoms with Gasteiger partial charge in [-0.1, -0.05) is 6.07 Å². The van der Waals surface area contributed by atoms with E-state index >= 15 is 0 Å². The quantitative estimate of drug-likeness (QED) is 0.900. The van der Waals surface area contributed by atoms with Crippen molar-refractivity contribution in [2.75, 3.05) is 7.11 Å². The standard InChI is InChI=1S/C13H14N2O3/c1-8-4-5-9(12(6-8)18-3)10-7-11(13(16)17)15(2)14-10/h4-7H,1-3H3,(H,16,17). The third-order valence-electron chi connectivity index (χ3n) is 2.73. The molecule has 0 saturated carbocycles. The number of aromatic nitrogens is 2. The third-order valence-corrected chi connectivity index (χ3v) is 2.73. The first-order valence-corrected chi connectivity index (χ1v) is 5.45. The summed E-state index contributed by atoms with van der Waals surface area (Å²) in [5.41, 5.74) is 2.59. The number of carbonyl (C=O) groups is 1. The second kappa shape index (κ2) is 4.52. The first kappa shape index (κ1) is 12.2. The van der Waals surface area contributed by atoms with Crippen LogP contribution in [0.3, 0.4) is 0 Å². The minimum absolute atomic E-state index is 0.146. The normalized spacial score (nSPS) is 10.4. The van der Waals surface area contributed by atoms with Gasteiger partial charge in [-0.2, -0.15) is 5.10 Å². The molecule has 0 saturated heterocycles. The number of aryl methyl sites for hydroxylation is 2. The lowest BCUT2D eigenvalue weighted by molar-refractivity contribution is 0.0685. The summed E-state index contributed by atoms with van der Waals surface area (Å²) in [6.07, 6.45) is 0. The van der Waals surface area contributed by atoms with E-state index in [9.17, 15) is 4.79 Å². The van der Waals surface area contributed by atoms with Gasteiger partial charge in [0.2, 0.25) is 0 Å². The van der Waals surface area contributed by atoms with Crippen molar-refractivity contribution in [3.05, 3.63) is 35.5 Å². The van der Waals surface area contributed by atoms with Crippen molar-refractivity contribution in [3.8, 4) is 17.0 Å². The van der Waals surface area contributed by atoms with Gasteiger partial charge >= 0.3 is 5.97 Å². The molecule has 0 aliphatic heterocycles. The van der Waals surface area contributed by atoms with Crippen LogP contribution < -0.4 is 4.74 Å². The predicted molar refractivity (Wildman–Crippen MR) is 66.9 cm³/mol. The van der Waals surface area contributed by atoms with Gasteiger partial charge < -0.3 is 9.84 Å². The van der Waals surface area contributed by atoms with E-state index in [-0.39, 0.29) is 5.69 Å². The second-order valence-corrected chi connectivity index (χ2v) is 4.05. The van der Waals surface area contributed by atoms with E-state index < -0.39 is 5.97 Å². The maximum absolute atomic E-state index is 11.0. The Labute approximate surface area is 105 Å². The van der Waals surface area contributed by atoms with E-state index in [1.807, 2.05) is 25.1 Å². The van der Waals surface area contributed by atoms with Crippen molar-refractivity contribution in [3.63, 3.8) is 0 Å². The number of hydrogen-bond acceptors (Lipinski definition) is 3. The Bertz CT molecular complexity index is 602. The number of benzene rings is 1. The molecule has 0 atom stereocenters. The third kappa shape index (κ3) is 2.07. The molecule has 0 aliphatic rings. The molecule has 0 fully saturated rings. The van der Waals surface area contributed by atoms with Gasteiger partial charge in [-0.15, -0.1) is 0 Å². The number of carboxylic acid groups (broad SMARTS) is 1. The first-order chi connectivity index (χ1) is 8.52. The molecule has 0 amide bonds. The van der Waals surface area contributed by atoms with Gasteiger partial charge in [0.05, 0.1) is 12.8 Å². The van der Waals surface area contributed by atoms with Gasteiger partial charge in [0.15, 0.2) is 0 Å². The molecule has 0 bridgehead atoms. The highest BCUT2D eigenvalue weighted by molar-refractivity contribution is 5.87. The highest BCUT2D eigenvalue weighted by Crippen LogP contribution is 2.30. The van der Waals surface area contributed by atoms with E-state index in [2.05, 4.69) is 5.10 Å². The summed E-state index contributed by atoms with van der Waals surface area (Å²) in [6, 6.07) is 7.25. The molecule has 0 aliphatic carbocycles. The highest BCUT2D eigenvalue weighted by atomic mass is 16.5. The summed E-state index contributed by atoms with van der Waals surface area (Å²) in [7, 11) is 3.19. The van der Waals surface area contributed by atoms with Crippen molar-refractivity contribution in [2.24, 2.45) is 7.05 Å². The van der Waals surface area contributed by atoms with Crippen LogP contribution >= 0.6 is 0 Å². The molecule has 1 N–H and O–H groups in total. The number of aromatic carboxylic acids is 1. The number of carboxylic acids is 1. The van der Waals surface area contributed by atoms with E-state index in [4.69, 9.17) is 9.84 Å². The van der Waals surface area contributed by atoms with Crippen molar-refractivity contribution in [2.45, 2.75) is 6.92 Å². The largest absolute Gasteiger partial charge is 0.496 e. The smallest absolute Gasteiger partial charge is 0.354 e. The number of hydrogen-bond donors (Lipinski definition) is 1. The molecule has 1 heterocycles. The second-order valence-electron chi connectivity index (χ2n) is 4.05. The minimum Gasteiger partial charge on any atom is -0.496 e. The highest BCUT2D eigenvalue weighted by Gasteiger charge is 2.15. The summed E-state index contributed by atoms with van der Waals surface area (Å²) in [5.74, 6) is -0.313. The fourth-order valence-corrected chi connectivity index (χ4v) is 1.81. The Hall–Kier alpha value is -2.30. The molecule has 94 valence electrons. The molecule has 5 nitrogen and oxygen atoms in total. The zero-order valence-corrected chi connectivity index (χ0v) is 10.5. The SMILES string of the molecule is COc1cc(C)ccc1-c1cc(C(=O)O)n(C)n1. The summed E-state index contributed by atoms with van der Waals surface area (Å²) < 4.78 is 6.64. The maximum atomic E-state index is 11.0. The van der Waals surface area contributed by atoms with Crippen LogP contribution in [0.2, 0.25) is 0 Å². The van der Waals surface area contributed by atoms with Crippen LogP contribution in [-0.4, -0.2) is 28.0 Å². The monoisotopic (exact) mass is 246 g/mol. The van der Waals surface area contributed by atoms with E-state index in [0.29, 0.717) is 11.4 Å². The first-order valence-electron chi connectivity index (χ1n) is 5.45. The molecule has 0 spiro atoms. The van der Waals surface area contributed by atoms with Crippen LogP contribution in [0.1, 0.15) is 16.1 Å². The maximum Gasteiger partial charge on any atom is 0.354 e. The minimum atomic E-state index is -0.998. The van der Waals surface area contributed by atoms with Crippen LogP contribution in [0.15, 0.2) is 24.3 Å². The number of nitrogens with zero attached hydrogens (tertiary/aromatic N) is 2. The Morgan fingerprint density at radius 1 is 1.39 bits per heavy atom. The molecular formula is C13H14N2O3. The van der Waals surface area contributed by atoms with Gasteiger partial charge in [0, 0.05) is 12.6 Å². The average molecular weight is 246 g/mol. The molecule has 0 radical (unpaired) electrons. The molecule has 5 heteroatoms. The molecule has 0 unspecified atom stereocenters.